The van der Waals surface area contributed by atoms with Crippen molar-refractivity contribution >= 4 is 10.1 Å². The molecule has 0 aliphatic heterocycles. The molecule has 19 heavy (non-hydrogen) atoms. The summed E-state index contributed by atoms with van der Waals surface area (Å²) >= 11 is 0. The van der Waals surface area contributed by atoms with Crippen molar-refractivity contribution in [2.75, 3.05) is 0 Å². The summed E-state index contributed by atoms with van der Waals surface area (Å²) in [6.07, 6.45) is -9.69. The van der Waals surface area contributed by atoms with E-state index in [4.69, 9.17) is 0 Å². The van der Waals surface area contributed by atoms with Gasteiger partial charge in [-0.25, -0.2) is 8.42 Å². The number of hydrogen-bond acceptors (Lipinski definition) is 3. The van der Waals surface area contributed by atoms with E-state index in [1.54, 1.807) is 0 Å². The molecule has 0 aromatic heterocycles. The second kappa shape index (κ2) is 5.96. The van der Waals surface area contributed by atoms with Gasteiger partial charge in [0.25, 0.3) is 0 Å². The van der Waals surface area contributed by atoms with Gasteiger partial charge in [-0.2, -0.15) is 39.5 Å². The minimum Gasteiger partial charge on any atom is -0.743 e. The fourth-order valence-electron chi connectivity index (χ4n) is 0.733. The zero-order valence-corrected chi connectivity index (χ0v) is 12.7. The van der Waals surface area contributed by atoms with Crippen molar-refractivity contribution in [2.45, 2.75) is 29.7 Å². The maximum atomic E-state index is 12.4. The summed E-state index contributed by atoms with van der Waals surface area (Å²) in [6.45, 7) is 0. The molecule has 0 heterocycles. The minimum absolute atomic E-state index is 0. The second-order valence-electron chi connectivity index (χ2n) is 3.04. The van der Waals surface area contributed by atoms with Crippen molar-refractivity contribution in [3.63, 3.8) is 0 Å². The molecule has 0 saturated carbocycles. The molecule has 0 atom stereocenters. The fraction of sp³-hybridized carbons (Fsp3) is 1.00. The summed E-state index contributed by atoms with van der Waals surface area (Å²) in [6, 6.07) is 0. The van der Waals surface area contributed by atoms with Gasteiger partial charge in [0.15, 0.2) is 10.1 Å². The summed E-state index contributed by atoms with van der Waals surface area (Å²) in [5.74, 6) is -13.5. The van der Waals surface area contributed by atoms with E-state index in [0.29, 0.717) is 0 Å². The summed E-state index contributed by atoms with van der Waals surface area (Å²) in [4.78, 5) is 0. The third kappa shape index (κ3) is 4.71. The van der Waals surface area contributed by atoms with Gasteiger partial charge in [-0.15, -0.1) is 0 Å². The van der Waals surface area contributed by atoms with Crippen molar-refractivity contribution in [3.05, 3.63) is 0 Å². The SMILES string of the molecule is O=S(=O)([O-])C(F)(F)C(F)(F)C(F)(F)CC(F)(F)F.[K+]. The molecule has 110 valence electrons. The number of halogens is 9. The van der Waals surface area contributed by atoms with Crippen LogP contribution in [-0.4, -0.2) is 36.2 Å². The normalized spacial score (nSPS) is 15.1. The standard InChI is InChI=1S/C5H3F9O3S.K/c6-2(7,1-3(8,9)10)4(11,12)5(13,14)18(15,16)17;/h1H2,(H,15,16,17);/q;+1/p-1. The number of hydrogen-bond donors (Lipinski definition) is 0. The van der Waals surface area contributed by atoms with Crippen molar-refractivity contribution in [1.82, 2.24) is 0 Å². The van der Waals surface area contributed by atoms with Crippen LogP contribution in [0.2, 0.25) is 0 Å². The molecule has 0 amide bonds. The van der Waals surface area contributed by atoms with E-state index in [1.807, 2.05) is 0 Å². The van der Waals surface area contributed by atoms with Crippen LogP contribution in [0.1, 0.15) is 6.42 Å². The molecule has 0 unspecified atom stereocenters. The summed E-state index contributed by atoms with van der Waals surface area (Å²) in [5, 5.41) is -6.88. The van der Waals surface area contributed by atoms with Crippen LogP contribution in [0.5, 0.6) is 0 Å². The van der Waals surface area contributed by atoms with E-state index in [9.17, 15) is 52.5 Å². The average molecular weight is 352 g/mol. The second-order valence-corrected chi connectivity index (χ2v) is 4.46. The maximum Gasteiger partial charge on any atom is 1.00 e. The molecule has 0 radical (unpaired) electrons. The Hall–Kier alpha value is 0.916. The average Bonchev–Trinajstić information content (AvgIpc) is 1.95. The molecule has 0 aliphatic carbocycles. The molecule has 0 saturated heterocycles. The first-order valence-electron chi connectivity index (χ1n) is 3.61. The van der Waals surface area contributed by atoms with E-state index in [2.05, 4.69) is 0 Å². The summed E-state index contributed by atoms with van der Waals surface area (Å²) in [5.41, 5.74) is 0. The van der Waals surface area contributed by atoms with Crippen LogP contribution in [0, 0.1) is 0 Å². The van der Waals surface area contributed by atoms with Gasteiger partial charge in [0.1, 0.15) is 6.42 Å². The van der Waals surface area contributed by atoms with Gasteiger partial charge in [-0.05, 0) is 0 Å². The molecule has 0 fully saturated rings. The molecule has 14 heteroatoms. The predicted octanol–water partition coefficient (Wildman–Crippen LogP) is -0.649. The van der Waals surface area contributed by atoms with Crippen LogP contribution in [0.3, 0.4) is 0 Å². The predicted molar refractivity (Wildman–Crippen MR) is 35.2 cm³/mol. The smallest absolute Gasteiger partial charge is 0.743 e. The van der Waals surface area contributed by atoms with E-state index >= 15 is 0 Å². The van der Waals surface area contributed by atoms with E-state index < -0.39 is 39.8 Å². The Morgan fingerprint density at radius 3 is 1.37 bits per heavy atom. The Morgan fingerprint density at radius 1 is 0.842 bits per heavy atom. The summed E-state index contributed by atoms with van der Waals surface area (Å²) in [7, 11) is -7.28. The topological polar surface area (TPSA) is 57.2 Å². The minimum atomic E-state index is -7.28. The molecular formula is C5H2F9KO3S. The molecular weight excluding hydrogens is 350 g/mol. The van der Waals surface area contributed by atoms with Gasteiger partial charge in [0.05, 0.1) is 0 Å². The van der Waals surface area contributed by atoms with Gasteiger partial charge in [0.2, 0.25) is 0 Å². The summed E-state index contributed by atoms with van der Waals surface area (Å²) < 4.78 is 138. The quantitative estimate of drug-likeness (QED) is 0.384. The zero-order valence-electron chi connectivity index (χ0n) is 8.74. The largest absolute Gasteiger partial charge is 1.00 e. The Labute approximate surface area is 142 Å². The number of rotatable bonds is 4. The monoisotopic (exact) mass is 352 g/mol. The first kappa shape index (κ1) is 22.2. The van der Waals surface area contributed by atoms with Crippen molar-refractivity contribution < 1.29 is 104 Å². The van der Waals surface area contributed by atoms with Crippen molar-refractivity contribution in [1.29, 1.82) is 0 Å². The molecule has 0 spiro atoms. The van der Waals surface area contributed by atoms with Crippen LogP contribution in [-0.2, 0) is 10.1 Å². The third-order valence-electron chi connectivity index (χ3n) is 1.56. The van der Waals surface area contributed by atoms with Crippen LogP contribution in [0.15, 0.2) is 0 Å². The number of alkyl halides is 9. The zero-order chi connectivity index (χ0) is 15.2. The van der Waals surface area contributed by atoms with E-state index in [-0.39, 0.29) is 51.4 Å². The van der Waals surface area contributed by atoms with Gasteiger partial charge >= 0.3 is 74.7 Å². The van der Waals surface area contributed by atoms with Gasteiger partial charge in [-0.1, -0.05) is 0 Å². The van der Waals surface area contributed by atoms with Crippen molar-refractivity contribution in [3.8, 4) is 0 Å². The molecule has 0 N–H and O–H groups in total. The van der Waals surface area contributed by atoms with Crippen molar-refractivity contribution in [2.24, 2.45) is 0 Å². The fourth-order valence-corrected chi connectivity index (χ4v) is 1.20. The van der Waals surface area contributed by atoms with E-state index in [0.717, 1.165) is 0 Å². The van der Waals surface area contributed by atoms with Gasteiger partial charge < -0.3 is 4.55 Å². The van der Waals surface area contributed by atoms with Crippen LogP contribution >= 0.6 is 0 Å². The Balaban J connectivity index is 0. The molecule has 0 aromatic rings. The maximum absolute atomic E-state index is 12.4. The van der Waals surface area contributed by atoms with Crippen LogP contribution in [0.25, 0.3) is 0 Å². The van der Waals surface area contributed by atoms with Crippen LogP contribution in [0.4, 0.5) is 39.5 Å². The van der Waals surface area contributed by atoms with E-state index in [1.165, 1.54) is 0 Å². The molecule has 0 bridgehead atoms. The molecule has 0 aromatic carbocycles. The van der Waals surface area contributed by atoms with Gasteiger partial charge in [0, 0.05) is 0 Å². The first-order valence-corrected chi connectivity index (χ1v) is 5.02. The Kier molecular flexibility index (Phi) is 6.97. The molecule has 3 nitrogen and oxygen atoms in total. The third-order valence-corrected chi connectivity index (χ3v) is 2.45. The van der Waals surface area contributed by atoms with Gasteiger partial charge in [-0.3, -0.25) is 0 Å². The van der Waals surface area contributed by atoms with Crippen LogP contribution < -0.4 is 51.4 Å². The molecule has 0 rings (SSSR count). The Bertz CT molecular complexity index is 414. The first-order chi connectivity index (χ1) is 7.46. The Morgan fingerprint density at radius 2 is 1.16 bits per heavy atom. The molecule has 0 aliphatic rings.